The number of nitrogens with zero attached hydrogens (tertiary/aromatic N) is 1. The van der Waals surface area contributed by atoms with Crippen LogP contribution in [0.15, 0.2) is 59.1 Å². The van der Waals surface area contributed by atoms with Gasteiger partial charge in [0.2, 0.25) is 11.8 Å². The van der Waals surface area contributed by atoms with Gasteiger partial charge in [-0.25, -0.2) is 0 Å². The maximum absolute atomic E-state index is 12.5. The lowest BCUT2D eigenvalue weighted by Crippen LogP contribution is -2.36. The van der Waals surface area contributed by atoms with E-state index in [1.54, 1.807) is 54.6 Å². The van der Waals surface area contributed by atoms with Crippen LogP contribution in [0.5, 0.6) is 0 Å². The fourth-order valence-corrected chi connectivity index (χ4v) is 3.80. The van der Waals surface area contributed by atoms with Crippen LogP contribution < -0.4 is 5.32 Å². The van der Waals surface area contributed by atoms with Gasteiger partial charge in [0, 0.05) is 22.1 Å². The molecule has 27 heavy (non-hydrogen) atoms. The molecule has 2 aromatic carbocycles. The number of ketones is 1. The quantitative estimate of drug-likeness (QED) is 0.683. The van der Waals surface area contributed by atoms with Crippen LogP contribution in [0.2, 0.25) is 0 Å². The number of benzene rings is 2. The predicted octanol–water partition coefficient (Wildman–Crippen LogP) is 3.72. The molecule has 0 bridgehead atoms. The van der Waals surface area contributed by atoms with Crippen LogP contribution >= 0.6 is 27.7 Å². The summed E-state index contributed by atoms with van der Waals surface area (Å²) in [5.41, 5.74) is 1.03. The summed E-state index contributed by atoms with van der Waals surface area (Å²) < 4.78 is 0.881. The van der Waals surface area contributed by atoms with E-state index in [1.807, 2.05) is 0 Å². The molecule has 6 nitrogen and oxygen atoms in total. The third-order valence-electron chi connectivity index (χ3n) is 3.90. The van der Waals surface area contributed by atoms with Crippen LogP contribution in [0.25, 0.3) is 0 Å². The lowest BCUT2D eigenvalue weighted by molar-refractivity contribution is -0.128. The number of halogens is 1. The Morgan fingerprint density at radius 1 is 1.04 bits per heavy atom. The smallest absolute Gasteiger partial charge is 0.289 e. The Morgan fingerprint density at radius 2 is 1.70 bits per heavy atom. The van der Waals surface area contributed by atoms with E-state index in [2.05, 4.69) is 21.2 Å². The lowest BCUT2D eigenvalue weighted by atomic mass is 10.1. The summed E-state index contributed by atoms with van der Waals surface area (Å²) >= 11 is 4.09. The largest absolute Gasteiger partial charge is 0.326 e. The van der Waals surface area contributed by atoms with Crippen molar-refractivity contribution in [2.75, 3.05) is 11.9 Å². The average Bonchev–Trinajstić information content (AvgIpc) is 2.91. The predicted molar refractivity (Wildman–Crippen MR) is 107 cm³/mol. The Morgan fingerprint density at radius 3 is 2.37 bits per heavy atom. The van der Waals surface area contributed by atoms with Gasteiger partial charge in [-0.2, -0.15) is 0 Å². The molecule has 0 radical (unpaired) electrons. The Labute approximate surface area is 168 Å². The number of amides is 3. The topological polar surface area (TPSA) is 83.6 Å². The molecule has 1 saturated heterocycles. The number of thioether (sulfide) groups is 1. The highest BCUT2D eigenvalue weighted by Crippen LogP contribution is 2.29. The minimum Gasteiger partial charge on any atom is -0.326 e. The molecule has 0 saturated carbocycles. The first kappa shape index (κ1) is 19.3. The molecule has 1 fully saturated rings. The van der Waals surface area contributed by atoms with Crippen LogP contribution in [-0.4, -0.2) is 39.5 Å². The molecule has 3 rings (SSSR count). The molecule has 1 aliphatic heterocycles. The maximum Gasteiger partial charge on any atom is 0.289 e. The van der Waals surface area contributed by atoms with Gasteiger partial charge in [-0.3, -0.25) is 24.1 Å². The van der Waals surface area contributed by atoms with Crippen molar-refractivity contribution in [1.29, 1.82) is 0 Å². The van der Waals surface area contributed by atoms with Gasteiger partial charge < -0.3 is 5.32 Å². The molecule has 0 aromatic heterocycles. The van der Waals surface area contributed by atoms with Gasteiger partial charge in [-0.1, -0.05) is 58.0 Å². The fourth-order valence-electron chi connectivity index (χ4n) is 2.54. The van der Waals surface area contributed by atoms with Gasteiger partial charge in [0.15, 0.2) is 5.78 Å². The van der Waals surface area contributed by atoms with Crippen molar-refractivity contribution in [1.82, 2.24) is 4.90 Å². The highest BCUT2D eigenvalue weighted by molar-refractivity contribution is 9.10. The molecule has 0 aliphatic carbocycles. The number of hydrogen-bond donors (Lipinski definition) is 1. The van der Waals surface area contributed by atoms with Crippen LogP contribution in [0.1, 0.15) is 16.8 Å². The van der Waals surface area contributed by atoms with Crippen molar-refractivity contribution < 1.29 is 19.2 Å². The van der Waals surface area contributed by atoms with Crippen molar-refractivity contribution >= 4 is 56.2 Å². The molecule has 2 aromatic rings. The third-order valence-corrected chi connectivity index (χ3v) is 5.50. The summed E-state index contributed by atoms with van der Waals surface area (Å²) in [5, 5.41) is 1.36. The molecule has 1 N–H and O–H groups in total. The number of rotatable bonds is 6. The van der Waals surface area contributed by atoms with Crippen LogP contribution in [-0.2, 0) is 9.59 Å². The van der Waals surface area contributed by atoms with E-state index in [4.69, 9.17) is 0 Å². The monoisotopic (exact) mass is 446 g/mol. The van der Waals surface area contributed by atoms with Crippen LogP contribution in [0.4, 0.5) is 10.5 Å². The number of imide groups is 1. The number of Topliss-reactive ketones (excluding diaryl/α,β-unsaturated/α-hetero) is 1. The summed E-state index contributed by atoms with van der Waals surface area (Å²) in [6, 6.07) is 15.5. The number of anilines is 1. The number of nitrogens with one attached hydrogen (secondary N) is 1. The van der Waals surface area contributed by atoms with E-state index in [-0.39, 0.29) is 24.7 Å². The molecule has 1 aliphatic rings. The summed E-state index contributed by atoms with van der Waals surface area (Å²) in [7, 11) is 0. The number of carbonyl (C=O) groups excluding carboxylic acids is 4. The third kappa shape index (κ3) is 4.84. The first-order valence-electron chi connectivity index (χ1n) is 8.09. The zero-order chi connectivity index (χ0) is 19.4. The molecular formula is C19H15BrN2O4S. The van der Waals surface area contributed by atoms with Crippen molar-refractivity contribution in [3.8, 4) is 0 Å². The molecule has 0 spiro atoms. The fraction of sp³-hybridized carbons (Fsp3) is 0.158. The molecule has 138 valence electrons. The second-order valence-corrected chi connectivity index (χ2v) is 7.91. The summed E-state index contributed by atoms with van der Waals surface area (Å²) in [4.78, 5) is 49.9. The van der Waals surface area contributed by atoms with E-state index in [9.17, 15) is 19.2 Å². The average molecular weight is 447 g/mol. The van der Waals surface area contributed by atoms with Crippen molar-refractivity contribution in [3.05, 3.63) is 64.6 Å². The van der Waals surface area contributed by atoms with Crippen LogP contribution in [0.3, 0.4) is 0 Å². The second kappa shape index (κ2) is 8.49. The Kier molecular flexibility index (Phi) is 6.08. The van der Waals surface area contributed by atoms with Crippen molar-refractivity contribution in [2.45, 2.75) is 11.7 Å². The van der Waals surface area contributed by atoms with E-state index < -0.39 is 16.4 Å². The molecule has 8 heteroatoms. The Hall–Kier alpha value is -2.45. The molecule has 1 atom stereocenters. The normalized spacial score (nSPS) is 16.5. The highest BCUT2D eigenvalue weighted by Gasteiger charge is 2.41. The lowest BCUT2D eigenvalue weighted by Gasteiger charge is -2.13. The van der Waals surface area contributed by atoms with Crippen LogP contribution in [0, 0.1) is 0 Å². The van der Waals surface area contributed by atoms with Gasteiger partial charge >= 0.3 is 0 Å². The standard InChI is InChI=1S/C19H15BrN2O4S/c20-13-6-8-14(9-7-13)21-17(24)10-16-18(25)22(19(26)27-16)11-15(23)12-4-2-1-3-5-12/h1-9,16H,10-11H2,(H,21,24)/t16-/m1/s1. The maximum atomic E-state index is 12.5. The van der Waals surface area contributed by atoms with Crippen molar-refractivity contribution in [2.24, 2.45) is 0 Å². The van der Waals surface area contributed by atoms with Gasteiger partial charge in [-0.15, -0.1) is 0 Å². The van der Waals surface area contributed by atoms with E-state index in [0.29, 0.717) is 11.3 Å². The first-order valence-corrected chi connectivity index (χ1v) is 9.77. The zero-order valence-electron chi connectivity index (χ0n) is 14.1. The number of hydrogen-bond acceptors (Lipinski definition) is 5. The van der Waals surface area contributed by atoms with Gasteiger partial charge in [0.1, 0.15) is 5.25 Å². The summed E-state index contributed by atoms with van der Waals surface area (Å²) in [6.45, 7) is -0.320. The highest BCUT2D eigenvalue weighted by atomic mass is 79.9. The van der Waals surface area contributed by atoms with Gasteiger partial charge in [0.05, 0.1) is 6.54 Å². The Balaban J connectivity index is 1.59. The van der Waals surface area contributed by atoms with E-state index >= 15 is 0 Å². The zero-order valence-corrected chi connectivity index (χ0v) is 16.5. The molecule has 0 unspecified atom stereocenters. The molecule has 3 amide bonds. The minimum atomic E-state index is -0.823. The molecular weight excluding hydrogens is 432 g/mol. The Bertz CT molecular complexity index is 886. The number of carbonyl (C=O) groups is 4. The molecule has 1 heterocycles. The first-order chi connectivity index (χ1) is 12.9. The summed E-state index contributed by atoms with van der Waals surface area (Å²) in [5.74, 6) is -1.20. The van der Waals surface area contributed by atoms with E-state index in [0.717, 1.165) is 21.1 Å². The second-order valence-electron chi connectivity index (χ2n) is 5.85. The van der Waals surface area contributed by atoms with Gasteiger partial charge in [-0.05, 0) is 24.3 Å². The van der Waals surface area contributed by atoms with Crippen molar-refractivity contribution in [3.63, 3.8) is 0 Å². The minimum absolute atomic E-state index is 0.138. The van der Waals surface area contributed by atoms with E-state index in [1.165, 1.54) is 0 Å². The summed E-state index contributed by atoms with van der Waals surface area (Å²) in [6.07, 6.45) is -0.138. The van der Waals surface area contributed by atoms with Gasteiger partial charge in [0.25, 0.3) is 5.24 Å². The SMILES string of the molecule is O=C(C[C@H]1SC(=O)N(CC(=O)c2ccccc2)C1=O)Nc1ccc(Br)cc1.